The van der Waals surface area contributed by atoms with E-state index in [2.05, 4.69) is 17.0 Å². The molecule has 0 saturated heterocycles. The average molecular weight is 316 g/mol. The summed E-state index contributed by atoms with van der Waals surface area (Å²) in [5.41, 5.74) is 0.238. The van der Waals surface area contributed by atoms with Crippen LogP contribution in [0.15, 0.2) is 23.1 Å². The first-order valence-corrected chi connectivity index (χ1v) is 8.37. The molecule has 0 aliphatic rings. The maximum absolute atomic E-state index is 13.1. The highest BCUT2D eigenvalue weighted by molar-refractivity contribution is 7.89. The minimum absolute atomic E-state index is 0.0554. The highest BCUT2D eigenvalue weighted by Crippen LogP contribution is 2.13. The molecule has 0 radical (unpaired) electrons. The molecule has 0 fully saturated rings. The van der Waals surface area contributed by atoms with Crippen molar-refractivity contribution in [3.05, 3.63) is 29.6 Å². The Morgan fingerprint density at radius 3 is 2.62 bits per heavy atom. The van der Waals surface area contributed by atoms with Crippen molar-refractivity contribution in [1.29, 1.82) is 0 Å². The van der Waals surface area contributed by atoms with Crippen LogP contribution < -0.4 is 10.0 Å². The number of amides is 1. The molecule has 118 valence electrons. The summed E-state index contributed by atoms with van der Waals surface area (Å²) in [7, 11) is -3.81. The third-order valence-electron chi connectivity index (χ3n) is 2.96. The lowest BCUT2D eigenvalue weighted by Gasteiger charge is -2.08. The van der Waals surface area contributed by atoms with Crippen molar-refractivity contribution in [1.82, 2.24) is 10.0 Å². The fourth-order valence-electron chi connectivity index (χ4n) is 1.69. The van der Waals surface area contributed by atoms with E-state index in [0.29, 0.717) is 6.54 Å². The molecule has 2 N–H and O–H groups in total. The molecule has 0 unspecified atom stereocenters. The summed E-state index contributed by atoms with van der Waals surface area (Å²) in [4.78, 5) is 11.5. The van der Waals surface area contributed by atoms with Crippen LogP contribution in [-0.4, -0.2) is 27.4 Å². The van der Waals surface area contributed by atoms with Gasteiger partial charge in [-0.3, -0.25) is 4.79 Å². The van der Waals surface area contributed by atoms with Crippen molar-refractivity contribution < 1.29 is 17.6 Å². The number of carbonyl (C=O) groups is 1. The molecule has 1 aromatic carbocycles. The second kappa shape index (κ2) is 8.09. The van der Waals surface area contributed by atoms with Gasteiger partial charge in [0.15, 0.2) is 0 Å². The lowest BCUT2D eigenvalue weighted by atomic mass is 10.2. The van der Waals surface area contributed by atoms with Crippen molar-refractivity contribution in [2.45, 2.75) is 38.0 Å². The van der Waals surface area contributed by atoms with Gasteiger partial charge in [-0.25, -0.2) is 17.5 Å². The summed E-state index contributed by atoms with van der Waals surface area (Å²) in [6.45, 7) is 3.74. The fourth-order valence-corrected chi connectivity index (χ4v) is 2.76. The van der Waals surface area contributed by atoms with Crippen LogP contribution in [0.2, 0.25) is 0 Å². The fraction of sp³-hybridized carbons (Fsp3) is 0.500. The Labute approximate surface area is 125 Å². The minimum atomic E-state index is -3.81. The Kier molecular flexibility index (Phi) is 6.77. The van der Waals surface area contributed by atoms with Gasteiger partial charge >= 0.3 is 0 Å². The lowest BCUT2D eigenvalue weighted by molar-refractivity contribution is -0.119. The predicted octanol–water partition coefficient (Wildman–Crippen LogP) is 1.72. The number of hydrogen-bond acceptors (Lipinski definition) is 3. The molecule has 5 nitrogen and oxygen atoms in total. The van der Waals surface area contributed by atoms with Gasteiger partial charge in [-0.05, 0) is 37.1 Å². The molecule has 0 atom stereocenters. The van der Waals surface area contributed by atoms with Crippen LogP contribution in [0.1, 0.15) is 31.7 Å². The van der Waals surface area contributed by atoms with Gasteiger partial charge in [0.2, 0.25) is 15.9 Å². The van der Waals surface area contributed by atoms with Gasteiger partial charge in [0.25, 0.3) is 0 Å². The summed E-state index contributed by atoms with van der Waals surface area (Å²) < 4.78 is 39.2. The van der Waals surface area contributed by atoms with Crippen LogP contribution in [0.25, 0.3) is 0 Å². The van der Waals surface area contributed by atoms with Crippen molar-refractivity contribution >= 4 is 15.9 Å². The Balaban J connectivity index is 2.53. The average Bonchev–Trinajstić information content (AvgIpc) is 2.44. The first-order valence-electron chi connectivity index (χ1n) is 6.89. The Morgan fingerprint density at radius 2 is 2.00 bits per heavy atom. The second-order valence-electron chi connectivity index (χ2n) is 4.79. The summed E-state index contributed by atoms with van der Waals surface area (Å²) >= 11 is 0. The number of rotatable bonds is 8. The number of nitrogens with one attached hydrogen (secondary N) is 2. The molecular weight excluding hydrogens is 295 g/mol. The maximum Gasteiger partial charge on any atom is 0.241 e. The van der Waals surface area contributed by atoms with E-state index in [1.807, 2.05) is 0 Å². The van der Waals surface area contributed by atoms with Crippen LogP contribution in [-0.2, 0) is 14.8 Å². The van der Waals surface area contributed by atoms with Gasteiger partial charge in [-0.15, -0.1) is 0 Å². The molecule has 1 rings (SSSR count). The monoisotopic (exact) mass is 316 g/mol. The van der Waals surface area contributed by atoms with Crippen molar-refractivity contribution in [3.63, 3.8) is 0 Å². The number of carbonyl (C=O) groups excluding carboxylic acids is 1. The zero-order valence-corrected chi connectivity index (χ0v) is 13.1. The quantitative estimate of drug-likeness (QED) is 0.717. The molecule has 0 bridgehead atoms. The summed E-state index contributed by atoms with van der Waals surface area (Å²) in [5, 5.41) is 2.64. The third-order valence-corrected chi connectivity index (χ3v) is 4.36. The van der Waals surface area contributed by atoms with E-state index in [1.54, 1.807) is 0 Å². The lowest BCUT2D eigenvalue weighted by Crippen LogP contribution is -2.37. The summed E-state index contributed by atoms with van der Waals surface area (Å²) in [6, 6.07) is 3.50. The number of benzene rings is 1. The van der Waals surface area contributed by atoms with E-state index in [4.69, 9.17) is 0 Å². The van der Waals surface area contributed by atoms with Gasteiger partial charge in [-0.2, -0.15) is 0 Å². The molecule has 0 aliphatic heterocycles. The zero-order chi connectivity index (χ0) is 15.9. The van der Waals surface area contributed by atoms with E-state index in [1.165, 1.54) is 19.1 Å². The number of unbranched alkanes of at least 4 members (excludes halogenated alkanes) is 2. The van der Waals surface area contributed by atoms with Crippen molar-refractivity contribution in [3.8, 4) is 0 Å². The van der Waals surface area contributed by atoms with Crippen molar-refractivity contribution in [2.24, 2.45) is 0 Å². The number of aryl methyl sites for hydroxylation is 1. The highest BCUT2D eigenvalue weighted by atomic mass is 32.2. The van der Waals surface area contributed by atoms with Crippen LogP contribution in [0.3, 0.4) is 0 Å². The molecular formula is C14H21FN2O3S. The molecule has 0 aromatic heterocycles. The number of hydrogen-bond donors (Lipinski definition) is 2. The molecule has 0 saturated carbocycles. The van der Waals surface area contributed by atoms with E-state index in [9.17, 15) is 17.6 Å². The molecule has 0 aliphatic carbocycles. The van der Waals surface area contributed by atoms with Gasteiger partial charge < -0.3 is 5.32 Å². The largest absolute Gasteiger partial charge is 0.355 e. The van der Waals surface area contributed by atoms with Gasteiger partial charge in [0.05, 0.1) is 11.4 Å². The predicted molar refractivity (Wildman–Crippen MR) is 78.9 cm³/mol. The van der Waals surface area contributed by atoms with Gasteiger partial charge in [-0.1, -0.05) is 19.8 Å². The standard InChI is InChI=1S/C14H21FN2O3S/c1-3-4-5-8-16-14(18)10-17-21(19,20)12-6-7-13(15)11(2)9-12/h6-7,9,17H,3-5,8,10H2,1-2H3,(H,16,18). The first-order chi connectivity index (χ1) is 9.86. The Hall–Kier alpha value is -1.47. The van der Waals surface area contributed by atoms with Gasteiger partial charge in [0.1, 0.15) is 5.82 Å². The zero-order valence-electron chi connectivity index (χ0n) is 12.3. The number of sulfonamides is 1. The summed E-state index contributed by atoms with van der Waals surface area (Å²) in [6.07, 6.45) is 2.93. The topological polar surface area (TPSA) is 75.3 Å². The smallest absolute Gasteiger partial charge is 0.241 e. The maximum atomic E-state index is 13.1. The highest BCUT2D eigenvalue weighted by Gasteiger charge is 2.16. The van der Waals surface area contributed by atoms with Crippen molar-refractivity contribution in [2.75, 3.05) is 13.1 Å². The Morgan fingerprint density at radius 1 is 1.29 bits per heavy atom. The van der Waals surface area contributed by atoms with E-state index >= 15 is 0 Å². The van der Waals surface area contributed by atoms with Crippen LogP contribution in [0.5, 0.6) is 0 Å². The van der Waals surface area contributed by atoms with E-state index in [-0.39, 0.29) is 22.9 Å². The molecule has 0 spiro atoms. The molecule has 0 heterocycles. The SMILES string of the molecule is CCCCCNC(=O)CNS(=O)(=O)c1ccc(F)c(C)c1. The summed E-state index contributed by atoms with van der Waals surface area (Å²) in [5.74, 6) is -0.851. The third kappa shape index (κ3) is 5.81. The number of halogens is 1. The molecule has 1 aromatic rings. The van der Waals surface area contributed by atoms with E-state index in [0.717, 1.165) is 25.3 Å². The molecule has 21 heavy (non-hydrogen) atoms. The van der Waals surface area contributed by atoms with Crippen LogP contribution in [0.4, 0.5) is 4.39 Å². The van der Waals surface area contributed by atoms with Gasteiger partial charge in [0, 0.05) is 6.54 Å². The van der Waals surface area contributed by atoms with Crippen LogP contribution in [0, 0.1) is 12.7 Å². The normalized spacial score (nSPS) is 11.4. The first kappa shape index (κ1) is 17.6. The molecule has 7 heteroatoms. The Bertz CT molecular complexity index is 588. The molecule has 1 amide bonds. The van der Waals surface area contributed by atoms with E-state index < -0.39 is 15.8 Å². The van der Waals surface area contributed by atoms with Crippen LogP contribution >= 0.6 is 0 Å². The second-order valence-corrected chi connectivity index (χ2v) is 6.56. The minimum Gasteiger partial charge on any atom is -0.355 e.